The van der Waals surface area contributed by atoms with Gasteiger partial charge in [0.2, 0.25) is 5.91 Å². The minimum atomic E-state index is -1.09. The summed E-state index contributed by atoms with van der Waals surface area (Å²) in [4.78, 5) is 36.0. The Labute approximate surface area is 138 Å². The molecule has 23 heavy (non-hydrogen) atoms. The molecule has 1 aliphatic rings. The largest absolute Gasteiger partial charge is 0.481 e. The molecule has 2 atom stereocenters. The number of aliphatic carboxylic acids is 2. The standard InChI is InChI=1S/C16H18ClNO5/c17-12-5-1-10(2-6-12)3-8-14(19)18-9-11(15(20)21)4-7-13(18)16(22)23/h1-2,5-6,11,13H,3-4,7-9H2,(H,20,21)(H,22,23). The zero-order valence-corrected chi connectivity index (χ0v) is 13.2. The monoisotopic (exact) mass is 339 g/mol. The Kier molecular flexibility index (Phi) is 5.60. The van der Waals surface area contributed by atoms with Crippen molar-refractivity contribution in [1.82, 2.24) is 4.90 Å². The van der Waals surface area contributed by atoms with Crippen LogP contribution < -0.4 is 0 Å². The number of hydrogen-bond acceptors (Lipinski definition) is 3. The molecule has 0 saturated carbocycles. The van der Waals surface area contributed by atoms with Crippen molar-refractivity contribution in [1.29, 1.82) is 0 Å². The average Bonchev–Trinajstić information content (AvgIpc) is 2.53. The molecule has 7 heteroatoms. The molecule has 0 radical (unpaired) electrons. The highest BCUT2D eigenvalue weighted by Crippen LogP contribution is 2.24. The van der Waals surface area contributed by atoms with Crippen LogP contribution in [-0.2, 0) is 20.8 Å². The Balaban J connectivity index is 2.02. The van der Waals surface area contributed by atoms with E-state index in [-0.39, 0.29) is 31.7 Å². The molecule has 1 aromatic rings. The topological polar surface area (TPSA) is 94.9 Å². The first-order chi connectivity index (χ1) is 10.9. The quantitative estimate of drug-likeness (QED) is 0.856. The van der Waals surface area contributed by atoms with Crippen molar-refractivity contribution < 1.29 is 24.6 Å². The number of amides is 1. The van der Waals surface area contributed by atoms with Crippen LogP contribution in [0.5, 0.6) is 0 Å². The van der Waals surface area contributed by atoms with E-state index in [1.165, 1.54) is 4.90 Å². The van der Waals surface area contributed by atoms with E-state index in [4.69, 9.17) is 16.7 Å². The highest BCUT2D eigenvalue weighted by molar-refractivity contribution is 6.30. The lowest BCUT2D eigenvalue weighted by molar-refractivity contribution is -0.157. The molecule has 0 aliphatic carbocycles. The number of carbonyl (C=O) groups excluding carboxylic acids is 1. The predicted octanol–water partition coefficient (Wildman–Crippen LogP) is 2.05. The number of likely N-dealkylation sites (tertiary alicyclic amines) is 1. The summed E-state index contributed by atoms with van der Waals surface area (Å²) in [7, 11) is 0. The minimum absolute atomic E-state index is 0.0499. The molecule has 2 unspecified atom stereocenters. The summed E-state index contributed by atoms with van der Waals surface area (Å²) in [6, 6.07) is 6.12. The molecule has 6 nitrogen and oxygen atoms in total. The van der Waals surface area contributed by atoms with Crippen LogP contribution in [0, 0.1) is 5.92 Å². The van der Waals surface area contributed by atoms with Crippen molar-refractivity contribution in [3.8, 4) is 0 Å². The molecule has 1 fully saturated rings. The van der Waals surface area contributed by atoms with Crippen LogP contribution in [0.15, 0.2) is 24.3 Å². The number of rotatable bonds is 5. The van der Waals surface area contributed by atoms with Crippen molar-refractivity contribution in [2.45, 2.75) is 31.7 Å². The SMILES string of the molecule is O=C(O)C1CCC(C(=O)O)N(C(=O)CCc2ccc(Cl)cc2)C1. The molecular formula is C16H18ClNO5. The lowest BCUT2D eigenvalue weighted by Crippen LogP contribution is -2.52. The van der Waals surface area contributed by atoms with E-state index in [1.54, 1.807) is 24.3 Å². The number of aryl methyl sites for hydroxylation is 1. The number of piperidine rings is 1. The minimum Gasteiger partial charge on any atom is -0.481 e. The summed E-state index contributed by atoms with van der Waals surface area (Å²) in [5, 5.41) is 18.9. The highest BCUT2D eigenvalue weighted by Gasteiger charge is 2.38. The van der Waals surface area contributed by atoms with Gasteiger partial charge in [-0.3, -0.25) is 9.59 Å². The Morgan fingerprint density at radius 1 is 1.09 bits per heavy atom. The van der Waals surface area contributed by atoms with E-state index in [0.29, 0.717) is 11.4 Å². The summed E-state index contributed by atoms with van der Waals surface area (Å²) in [6.07, 6.45) is 1.03. The first kappa shape index (κ1) is 17.3. The van der Waals surface area contributed by atoms with Crippen LogP contribution in [0.2, 0.25) is 5.02 Å². The second kappa shape index (κ2) is 7.46. The van der Waals surface area contributed by atoms with Gasteiger partial charge in [-0.15, -0.1) is 0 Å². The lowest BCUT2D eigenvalue weighted by Gasteiger charge is -2.36. The van der Waals surface area contributed by atoms with Crippen molar-refractivity contribution in [3.05, 3.63) is 34.9 Å². The third kappa shape index (κ3) is 4.45. The van der Waals surface area contributed by atoms with E-state index in [0.717, 1.165) is 5.56 Å². The Hall–Kier alpha value is -2.08. The van der Waals surface area contributed by atoms with Crippen molar-refractivity contribution in [3.63, 3.8) is 0 Å². The number of carboxylic acids is 2. The van der Waals surface area contributed by atoms with Gasteiger partial charge in [0.15, 0.2) is 0 Å². The van der Waals surface area contributed by atoms with Gasteiger partial charge in [-0.2, -0.15) is 0 Å². The molecule has 1 aromatic carbocycles. The Morgan fingerprint density at radius 2 is 1.74 bits per heavy atom. The fourth-order valence-corrected chi connectivity index (χ4v) is 2.88. The summed E-state index contributed by atoms with van der Waals surface area (Å²) >= 11 is 5.80. The summed E-state index contributed by atoms with van der Waals surface area (Å²) in [5.74, 6) is -3.12. The Bertz CT molecular complexity index is 601. The van der Waals surface area contributed by atoms with E-state index in [1.807, 2.05) is 0 Å². The van der Waals surface area contributed by atoms with Crippen LogP contribution in [-0.4, -0.2) is 45.5 Å². The fourth-order valence-electron chi connectivity index (χ4n) is 2.75. The number of benzene rings is 1. The van der Waals surface area contributed by atoms with Crippen LogP contribution in [0.3, 0.4) is 0 Å². The molecule has 1 aliphatic heterocycles. The van der Waals surface area contributed by atoms with Gasteiger partial charge >= 0.3 is 11.9 Å². The molecule has 124 valence electrons. The van der Waals surface area contributed by atoms with Gasteiger partial charge in [-0.05, 0) is 37.0 Å². The summed E-state index contributed by atoms with van der Waals surface area (Å²) < 4.78 is 0. The molecule has 0 bridgehead atoms. The van der Waals surface area contributed by atoms with Gasteiger partial charge in [0.1, 0.15) is 6.04 Å². The molecule has 0 spiro atoms. The second-order valence-electron chi connectivity index (χ2n) is 5.64. The maximum absolute atomic E-state index is 12.4. The number of carboxylic acid groups (broad SMARTS) is 2. The number of nitrogens with zero attached hydrogens (tertiary/aromatic N) is 1. The lowest BCUT2D eigenvalue weighted by atomic mass is 9.92. The molecule has 1 heterocycles. The van der Waals surface area contributed by atoms with Crippen LogP contribution >= 0.6 is 11.6 Å². The molecule has 1 saturated heterocycles. The van der Waals surface area contributed by atoms with Crippen LogP contribution in [0.25, 0.3) is 0 Å². The molecule has 2 rings (SSSR count). The number of halogens is 1. The van der Waals surface area contributed by atoms with E-state index >= 15 is 0 Å². The first-order valence-electron chi connectivity index (χ1n) is 7.38. The maximum Gasteiger partial charge on any atom is 0.326 e. The average molecular weight is 340 g/mol. The van der Waals surface area contributed by atoms with Gasteiger partial charge in [0, 0.05) is 18.0 Å². The van der Waals surface area contributed by atoms with Crippen molar-refractivity contribution in [2.24, 2.45) is 5.92 Å². The zero-order valence-electron chi connectivity index (χ0n) is 12.4. The third-order valence-corrected chi connectivity index (χ3v) is 4.33. The Morgan fingerprint density at radius 3 is 2.30 bits per heavy atom. The zero-order chi connectivity index (χ0) is 17.0. The highest BCUT2D eigenvalue weighted by atomic mass is 35.5. The third-order valence-electron chi connectivity index (χ3n) is 4.08. The number of hydrogen-bond donors (Lipinski definition) is 2. The molecule has 2 N–H and O–H groups in total. The molecule has 1 amide bonds. The van der Waals surface area contributed by atoms with Gasteiger partial charge < -0.3 is 15.1 Å². The van der Waals surface area contributed by atoms with Crippen LogP contribution in [0.1, 0.15) is 24.8 Å². The first-order valence-corrected chi connectivity index (χ1v) is 7.76. The molecular weight excluding hydrogens is 322 g/mol. The second-order valence-corrected chi connectivity index (χ2v) is 6.08. The van der Waals surface area contributed by atoms with Gasteiger partial charge in [-0.25, -0.2) is 4.79 Å². The van der Waals surface area contributed by atoms with Gasteiger partial charge in [-0.1, -0.05) is 23.7 Å². The van der Waals surface area contributed by atoms with Gasteiger partial charge in [0.05, 0.1) is 5.92 Å². The normalized spacial score (nSPS) is 21.0. The fraction of sp³-hybridized carbons (Fsp3) is 0.438. The molecule has 0 aromatic heterocycles. The smallest absolute Gasteiger partial charge is 0.326 e. The van der Waals surface area contributed by atoms with E-state index < -0.39 is 23.9 Å². The summed E-state index contributed by atoms with van der Waals surface area (Å²) in [5.41, 5.74) is 0.918. The number of carbonyl (C=O) groups is 3. The summed E-state index contributed by atoms with van der Waals surface area (Å²) in [6.45, 7) is -0.0499. The van der Waals surface area contributed by atoms with Gasteiger partial charge in [0.25, 0.3) is 0 Å². The van der Waals surface area contributed by atoms with Crippen molar-refractivity contribution >= 4 is 29.4 Å². The van der Waals surface area contributed by atoms with Crippen LogP contribution in [0.4, 0.5) is 0 Å². The van der Waals surface area contributed by atoms with E-state index in [9.17, 15) is 19.5 Å². The predicted molar refractivity (Wildman–Crippen MR) is 83.3 cm³/mol. The van der Waals surface area contributed by atoms with E-state index in [2.05, 4.69) is 0 Å². The maximum atomic E-state index is 12.4. The van der Waals surface area contributed by atoms with Crippen molar-refractivity contribution in [2.75, 3.05) is 6.54 Å².